The molecule has 0 unspecified atom stereocenters. The van der Waals surface area contributed by atoms with Gasteiger partial charge in [0.05, 0.1) is 17.8 Å². The predicted molar refractivity (Wildman–Crippen MR) is 98.5 cm³/mol. The van der Waals surface area contributed by atoms with E-state index in [1.807, 2.05) is 30.3 Å². The van der Waals surface area contributed by atoms with Crippen molar-refractivity contribution in [2.24, 2.45) is 0 Å². The highest BCUT2D eigenvalue weighted by Gasteiger charge is 2.37. The van der Waals surface area contributed by atoms with Crippen molar-refractivity contribution < 1.29 is 22.7 Å². The van der Waals surface area contributed by atoms with Crippen molar-refractivity contribution >= 4 is 45.3 Å². The number of phenols is 1. The molecule has 1 amide bonds. The molecule has 2 aromatic rings. The minimum absolute atomic E-state index is 0.229. The zero-order valence-corrected chi connectivity index (χ0v) is 15.1. The molecule has 138 valence electrons. The normalized spacial score (nSPS) is 15.6. The average molecular weight is 398 g/mol. The van der Waals surface area contributed by atoms with Crippen LogP contribution in [0.15, 0.2) is 42.5 Å². The van der Waals surface area contributed by atoms with Crippen molar-refractivity contribution in [1.82, 2.24) is 4.72 Å². The van der Waals surface area contributed by atoms with Gasteiger partial charge in [-0.25, -0.2) is 13.4 Å². The Labute approximate surface area is 154 Å². The van der Waals surface area contributed by atoms with Gasteiger partial charge in [0.15, 0.2) is 5.82 Å². The molecule has 0 aromatic heterocycles. The molecule has 2 aromatic carbocycles. The van der Waals surface area contributed by atoms with Crippen LogP contribution in [0.2, 0.25) is 0 Å². The molecule has 11 heteroatoms. The number of rotatable bonds is 5. The third-order valence-electron chi connectivity index (χ3n) is 3.53. The molecular formula is C15H15FN4O4S2. The molecule has 1 fully saturated rings. The summed E-state index contributed by atoms with van der Waals surface area (Å²) in [5.41, 5.74) is 0.557. The lowest BCUT2D eigenvalue weighted by Crippen LogP contribution is -2.30. The molecule has 0 spiro atoms. The van der Waals surface area contributed by atoms with Gasteiger partial charge in [-0.3, -0.25) is 4.79 Å². The van der Waals surface area contributed by atoms with Crippen molar-refractivity contribution in [2.45, 2.75) is 0 Å². The van der Waals surface area contributed by atoms with Crippen molar-refractivity contribution in [3.63, 3.8) is 0 Å². The Morgan fingerprint density at radius 3 is 2.58 bits per heavy atom. The number of halogens is 1. The van der Waals surface area contributed by atoms with E-state index in [9.17, 15) is 22.7 Å². The van der Waals surface area contributed by atoms with E-state index in [0.717, 1.165) is 23.9 Å². The second kappa shape index (κ2) is 6.92. The van der Waals surface area contributed by atoms with Gasteiger partial charge in [0.1, 0.15) is 18.0 Å². The van der Waals surface area contributed by atoms with Gasteiger partial charge in [0.25, 0.3) is 5.91 Å². The number of amides is 1. The van der Waals surface area contributed by atoms with Gasteiger partial charge in [-0.1, -0.05) is 18.2 Å². The SMILES string of the molecule is CN(SNc1cc(O)c(N2CC(=O)NS2(=O)=O)c(F)c1)c1ccccc1. The first-order chi connectivity index (χ1) is 12.3. The molecule has 8 nitrogen and oxygen atoms in total. The second-order valence-electron chi connectivity index (χ2n) is 5.39. The van der Waals surface area contributed by atoms with Crippen molar-refractivity contribution in [2.75, 3.05) is 26.9 Å². The average Bonchev–Trinajstić information content (AvgIpc) is 2.85. The quantitative estimate of drug-likeness (QED) is 0.661. The maximum atomic E-state index is 14.4. The van der Waals surface area contributed by atoms with Crippen LogP contribution in [0.5, 0.6) is 5.75 Å². The van der Waals surface area contributed by atoms with E-state index < -0.39 is 39.9 Å². The predicted octanol–water partition coefficient (Wildman–Crippen LogP) is 1.82. The molecular weight excluding hydrogens is 383 g/mol. The number of anilines is 3. The minimum Gasteiger partial charge on any atom is -0.506 e. The summed E-state index contributed by atoms with van der Waals surface area (Å²) in [6, 6.07) is 11.6. The number of hydrogen-bond acceptors (Lipinski definition) is 7. The van der Waals surface area contributed by atoms with Gasteiger partial charge in [-0.05, 0) is 12.1 Å². The maximum Gasteiger partial charge on any atom is 0.326 e. The van der Waals surface area contributed by atoms with Crippen LogP contribution >= 0.6 is 12.1 Å². The number of hydrogen-bond donors (Lipinski definition) is 3. The maximum absolute atomic E-state index is 14.4. The molecule has 1 saturated heterocycles. The molecule has 26 heavy (non-hydrogen) atoms. The van der Waals surface area contributed by atoms with Crippen LogP contribution in [-0.4, -0.2) is 33.0 Å². The Balaban J connectivity index is 1.79. The fraction of sp³-hybridized carbons (Fsp3) is 0.133. The smallest absolute Gasteiger partial charge is 0.326 e. The number of carbonyl (C=O) groups excluding carboxylic acids is 1. The molecule has 3 N–H and O–H groups in total. The fourth-order valence-corrected chi connectivity index (χ4v) is 4.11. The Hall–Kier alpha value is -2.66. The van der Waals surface area contributed by atoms with Crippen LogP contribution < -0.4 is 18.1 Å². The number of phenolic OH excluding ortho intramolecular Hbond substituents is 1. The number of para-hydroxylation sites is 1. The number of carbonyl (C=O) groups is 1. The highest BCUT2D eigenvalue weighted by atomic mass is 32.2. The summed E-state index contributed by atoms with van der Waals surface area (Å²) >= 11 is 1.15. The van der Waals surface area contributed by atoms with Crippen molar-refractivity contribution in [3.8, 4) is 5.75 Å². The van der Waals surface area contributed by atoms with E-state index in [0.29, 0.717) is 4.31 Å². The first kappa shape index (κ1) is 18.1. The van der Waals surface area contributed by atoms with Crippen molar-refractivity contribution in [3.05, 3.63) is 48.3 Å². The van der Waals surface area contributed by atoms with E-state index in [1.165, 1.54) is 6.07 Å². The summed E-state index contributed by atoms with van der Waals surface area (Å²) < 4.78 is 44.9. The first-order valence-corrected chi connectivity index (χ1v) is 9.57. The largest absolute Gasteiger partial charge is 0.506 e. The third-order valence-corrected chi connectivity index (χ3v) is 5.72. The monoisotopic (exact) mass is 398 g/mol. The molecule has 0 saturated carbocycles. The highest BCUT2D eigenvalue weighted by Crippen LogP contribution is 2.37. The Morgan fingerprint density at radius 1 is 1.31 bits per heavy atom. The standard InChI is InChI=1S/C15H15FN4O4S2/c1-19(11-5-3-2-4-6-11)25-17-10-7-12(16)15(13(21)8-10)20-9-14(22)18-26(20,23)24/h2-8,17,21H,9H2,1H3,(H,18,22). The number of nitrogens with one attached hydrogen (secondary N) is 2. The molecule has 1 heterocycles. The topological polar surface area (TPSA) is 102 Å². The summed E-state index contributed by atoms with van der Waals surface area (Å²) in [6.45, 7) is -0.592. The summed E-state index contributed by atoms with van der Waals surface area (Å²) in [5, 5.41) is 10.1. The van der Waals surface area contributed by atoms with Gasteiger partial charge in [0.2, 0.25) is 0 Å². The molecule has 3 rings (SSSR count). The van der Waals surface area contributed by atoms with Crippen LogP contribution in [-0.2, 0) is 15.0 Å². The molecule has 0 aliphatic carbocycles. The second-order valence-corrected chi connectivity index (χ2v) is 7.92. The van der Waals surface area contributed by atoms with E-state index in [1.54, 1.807) is 16.1 Å². The molecule has 1 aliphatic heterocycles. The fourth-order valence-electron chi connectivity index (χ4n) is 2.35. The molecule has 0 bridgehead atoms. The number of nitrogens with zero attached hydrogens (tertiary/aromatic N) is 2. The van der Waals surface area contributed by atoms with Crippen molar-refractivity contribution in [1.29, 1.82) is 0 Å². The summed E-state index contributed by atoms with van der Waals surface area (Å²) in [4.78, 5) is 11.3. The van der Waals surface area contributed by atoms with Crippen LogP contribution in [0.3, 0.4) is 0 Å². The Morgan fingerprint density at radius 2 is 2.00 bits per heavy atom. The summed E-state index contributed by atoms with van der Waals surface area (Å²) in [6.07, 6.45) is 0. The minimum atomic E-state index is -4.21. The Bertz CT molecular complexity index is 917. The van der Waals surface area contributed by atoms with Gasteiger partial charge in [-0.15, -0.1) is 0 Å². The van der Waals surface area contributed by atoms with Gasteiger partial charge < -0.3 is 14.1 Å². The van der Waals surface area contributed by atoms with Crippen LogP contribution in [0.25, 0.3) is 0 Å². The molecule has 0 radical (unpaired) electrons. The van der Waals surface area contributed by atoms with E-state index in [2.05, 4.69) is 4.72 Å². The lowest BCUT2D eigenvalue weighted by atomic mass is 10.2. The molecule has 0 atom stereocenters. The highest BCUT2D eigenvalue weighted by molar-refractivity contribution is 8.01. The lowest BCUT2D eigenvalue weighted by Gasteiger charge is -2.20. The van der Waals surface area contributed by atoms with Gasteiger partial charge >= 0.3 is 10.2 Å². The van der Waals surface area contributed by atoms with E-state index >= 15 is 0 Å². The van der Waals surface area contributed by atoms with Gasteiger partial charge in [-0.2, -0.15) is 8.42 Å². The lowest BCUT2D eigenvalue weighted by molar-refractivity contribution is -0.117. The first-order valence-electron chi connectivity index (χ1n) is 7.35. The number of aromatic hydroxyl groups is 1. The zero-order chi connectivity index (χ0) is 18.9. The van der Waals surface area contributed by atoms with Crippen LogP contribution in [0, 0.1) is 5.82 Å². The zero-order valence-electron chi connectivity index (χ0n) is 13.5. The van der Waals surface area contributed by atoms with Crippen LogP contribution in [0.4, 0.5) is 21.5 Å². The summed E-state index contributed by atoms with van der Waals surface area (Å²) in [5.74, 6) is -2.38. The summed E-state index contributed by atoms with van der Waals surface area (Å²) in [7, 11) is -2.41. The van der Waals surface area contributed by atoms with E-state index in [4.69, 9.17) is 0 Å². The van der Waals surface area contributed by atoms with Gasteiger partial charge in [0, 0.05) is 24.9 Å². The Kier molecular flexibility index (Phi) is 4.83. The van der Waals surface area contributed by atoms with E-state index in [-0.39, 0.29) is 5.69 Å². The van der Waals surface area contributed by atoms with Crippen LogP contribution in [0.1, 0.15) is 0 Å². The number of benzene rings is 2. The molecule has 1 aliphatic rings. The third kappa shape index (κ3) is 3.63.